The summed E-state index contributed by atoms with van der Waals surface area (Å²) in [5, 5.41) is 3.21. The number of benzene rings is 1. The average Bonchev–Trinajstić information content (AvgIpc) is 2.01. The Bertz CT molecular complexity index is 292. The molecule has 0 aromatic heterocycles. The van der Waals surface area contributed by atoms with Crippen LogP contribution in [-0.4, -0.2) is 13.0 Å². The largest absolute Gasteiger partial charge is 0.355 e. The zero-order valence-corrected chi connectivity index (χ0v) is 7.83. The minimum atomic E-state index is -0.251. The Kier molecular flexibility index (Phi) is 2.95. The second-order valence-electron chi connectivity index (χ2n) is 2.14. The van der Waals surface area contributed by atoms with E-state index in [-0.39, 0.29) is 5.91 Å². The van der Waals surface area contributed by atoms with Crippen molar-refractivity contribution in [1.29, 1.82) is 0 Å². The van der Waals surface area contributed by atoms with E-state index in [2.05, 4.69) is 11.4 Å². The summed E-state index contributed by atoms with van der Waals surface area (Å²) in [6.07, 6.45) is 0. The minimum absolute atomic E-state index is 0.251. The van der Waals surface area contributed by atoms with Crippen molar-refractivity contribution in [1.82, 2.24) is 5.32 Å². The molecule has 1 amide bonds. The SMILES string of the molecule is CNC(=O)c1[c]c(Cl)cc(Cl)c1. The lowest BCUT2D eigenvalue weighted by molar-refractivity contribution is 0.0963. The van der Waals surface area contributed by atoms with Gasteiger partial charge < -0.3 is 5.32 Å². The number of rotatable bonds is 1. The van der Waals surface area contributed by atoms with Crippen LogP contribution >= 0.6 is 23.2 Å². The highest BCUT2D eigenvalue weighted by Crippen LogP contribution is 2.17. The highest BCUT2D eigenvalue weighted by Gasteiger charge is 2.05. The Labute approximate surface area is 80.5 Å². The van der Waals surface area contributed by atoms with Crippen molar-refractivity contribution in [2.24, 2.45) is 0 Å². The van der Waals surface area contributed by atoms with Gasteiger partial charge in [-0.1, -0.05) is 23.2 Å². The van der Waals surface area contributed by atoms with Gasteiger partial charge in [-0.25, -0.2) is 0 Å². The second-order valence-corrected chi connectivity index (χ2v) is 2.98. The first-order valence-electron chi connectivity index (χ1n) is 3.24. The van der Waals surface area contributed by atoms with E-state index in [0.29, 0.717) is 15.6 Å². The van der Waals surface area contributed by atoms with Crippen molar-refractivity contribution in [3.05, 3.63) is 33.8 Å². The fourth-order valence-electron chi connectivity index (χ4n) is 0.758. The summed E-state index contributed by atoms with van der Waals surface area (Å²) < 4.78 is 0. The lowest BCUT2D eigenvalue weighted by atomic mass is 10.2. The van der Waals surface area contributed by atoms with Crippen LogP contribution in [0.4, 0.5) is 0 Å². The molecular formula is C8H6Cl2NO. The third-order valence-electron chi connectivity index (χ3n) is 1.27. The summed E-state index contributed by atoms with van der Waals surface area (Å²) in [5.41, 5.74) is 0.343. The molecule has 12 heavy (non-hydrogen) atoms. The molecule has 63 valence electrons. The zero-order valence-electron chi connectivity index (χ0n) is 6.32. The first kappa shape index (κ1) is 9.36. The van der Waals surface area contributed by atoms with Gasteiger partial charge in [-0.2, -0.15) is 0 Å². The number of hydrogen-bond acceptors (Lipinski definition) is 1. The molecule has 1 radical (unpaired) electrons. The topological polar surface area (TPSA) is 29.1 Å². The standard InChI is InChI=1S/C8H6Cl2NO/c1-11-8(12)5-2-6(9)4-7(10)3-5/h2,4H,1H3,(H,11,12). The second kappa shape index (κ2) is 3.78. The molecule has 0 saturated heterocycles. The van der Waals surface area contributed by atoms with Crippen LogP contribution in [0.1, 0.15) is 10.4 Å². The third-order valence-corrected chi connectivity index (χ3v) is 1.69. The number of halogens is 2. The minimum Gasteiger partial charge on any atom is -0.355 e. The molecule has 0 aliphatic heterocycles. The van der Waals surface area contributed by atoms with Gasteiger partial charge in [0.25, 0.3) is 5.91 Å². The van der Waals surface area contributed by atoms with E-state index in [1.807, 2.05) is 0 Å². The maximum absolute atomic E-state index is 11.1. The maximum Gasteiger partial charge on any atom is 0.251 e. The summed E-state index contributed by atoms with van der Waals surface area (Å²) >= 11 is 11.3. The normalized spacial score (nSPS) is 9.58. The van der Waals surface area contributed by atoms with Crippen molar-refractivity contribution in [2.45, 2.75) is 0 Å². The van der Waals surface area contributed by atoms with E-state index in [4.69, 9.17) is 23.2 Å². The molecule has 1 N–H and O–H groups in total. The monoisotopic (exact) mass is 202 g/mol. The van der Waals surface area contributed by atoms with E-state index < -0.39 is 0 Å². The van der Waals surface area contributed by atoms with E-state index in [1.165, 1.54) is 19.2 Å². The number of carbonyl (C=O) groups excluding carboxylic acids is 1. The van der Waals surface area contributed by atoms with Gasteiger partial charge in [0.1, 0.15) is 0 Å². The summed E-state index contributed by atoms with van der Waals surface area (Å²) in [4.78, 5) is 11.1. The summed E-state index contributed by atoms with van der Waals surface area (Å²) in [7, 11) is 1.53. The molecule has 1 aromatic rings. The Hall–Kier alpha value is -0.730. The molecule has 0 aliphatic rings. The number of nitrogens with one attached hydrogen (secondary N) is 1. The van der Waals surface area contributed by atoms with Crippen LogP contribution in [0.2, 0.25) is 10.0 Å². The van der Waals surface area contributed by atoms with Gasteiger partial charge in [-0.3, -0.25) is 4.79 Å². The van der Waals surface area contributed by atoms with Crippen molar-refractivity contribution in [3.63, 3.8) is 0 Å². The number of carbonyl (C=O) groups is 1. The molecule has 0 unspecified atom stereocenters. The smallest absolute Gasteiger partial charge is 0.251 e. The fourth-order valence-corrected chi connectivity index (χ4v) is 1.25. The molecule has 0 saturated carbocycles. The highest BCUT2D eigenvalue weighted by molar-refractivity contribution is 6.35. The van der Waals surface area contributed by atoms with Crippen LogP contribution in [0.3, 0.4) is 0 Å². The van der Waals surface area contributed by atoms with Crippen molar-refractivity contribution >= 4 is 29.1 Å². The molecule has 0 heterocycles. The fraction of sp³-hybridized carbons (Fsp3) is 0.125. The summed E-state index contributed by atoms with van der Waals surface area (Å²) in [5.74, 6) is -0.251. The van der Waals surface area contributed by atoms with Crippen molar-refractivity contribution < 1.29 is 4.79 Å². The molecule has 0 bridgehead atoms. The van der Waals surface area contributed by atoms with Crippen LogP contribution in [0.5, 0.6) is 0 Å². The van der Waals surface area contributed by atoms with Crippen LogP contribution in [0.15, 0.2) is 12.1 Å². The predicted octanol–water partition coefficient (Wildman–Crippen LogP) is 2.15. The molecule has 0 spiro atoms. The first-order valence-corrected chi connectivity index (χ1v) is 3.99. The molecule has 2 nitrogen and oxygen atoms in total. The Balaban J connectivity index is 3.08. The Morgan fingerprint density at radius 3 is 2.67 bits per heavy atom. The van der Waals surface area contributed by atoms with Gasteiger partial charge in [-0.15, -0.1) is 0 Å². The van der Waals surface area contributed by atoms with Crippen LogP contribution < -0.4 is 5.32 Å². The Morgan fingerprint density at radius 2 is 2.17 bits per heavy atom. The lowest BCUT2D eigenvalue weighted by Crippen LogP contribution is -2.17. The maximum atomic E-state index is 11.1. The van der Waals surface area contributed by atoms with Crippen LogP contribution in [0.25, 0.3) is 0 Å². The predicted molar refractivity (Wildman–Crippen MR) is 48.7 cm³/mol. The molecule has 4 heteroatoms. The summed E-state index contributed by atoms with van der Waals surface area (Å²) in [6, 6.07) is 5.70. The molecule has 0 aliphatic carbocycles. The third kappa shape index (κ3) is 2.13. The van der Waals surface area contributed by atoms with Crippen LogP contribution in [-0.2, 0) is 0 Å². The lowest BCUT2D eigenvalue weighted by Gasteiger charge is -1.99. The zero-order chi connectivity index (χ0) is 9.14. The van der Waals surface area contributed by atoms with Crippen molar-refractivity contribution in [2.75, 3.05) is 7.05 Å². The molecule has 1 aromatic carbocycles. The van der Waals surface area contributed by atoms with E-state index >= 15 is 0 Å². The Morgan fingerprint density at radius 1 is 1.50 bits per heavy atom. The van der Waals surface area contributed by atoms with E-state index in [0.717, 1.165) is 0 Å². The number of hydrogen-bond donors (Lipinski definition) is 1. The van der Waals surface area contributed by atoms with E-state index in [1.54, 1.807) is 0 Å². The average molecular weight is 203 g/mol. The number of amides is 1. The van der Waals surface area contributed by atoms with E-state index in [9.17, 15) is 4.79 Å². The van der Waals surface area contributed by atoms with Crippen molar-refractivity contribution in [3.8, 4) is 0 Å². The van der Waals surface area contributed by atoms with Gasteiger partial charge in [-0.05, 0) is 12.1 Å². The molecule has 0 fully saturated rings. The van der Waals surface area contributed by atoms with Gasteiger partial charge in [0, 0.05) is 18.1 Å². The van der Waals surface area contributed by atoms with Gasteiger partial charge in [0.15, 0.2) is 0 Å². The van der Waals surface area contributed by atoms with Gasteiger partial charge in [0.05, 0.1) is 10.6 Å². The summed E-state index contributed by atoms with van der Waals surface area (Å²) in [6.45, 7) is 0. The quantitative estimate of drug-likeness (QED) is 0.744. The first-order chi connectivity index (χ1) is 5.63. The molecular weight excluding hydrogens is 197 g/mol. The molecule has 1 rings (SSSR count). The van der Waals surface area contributed by atoms with Crippen LogP contribution in [0, 0.1) is 6.07 Å². The molecule has 0 atom stereocenters. The van der Waals surface area contributed by atoms with Gasteiger partial charge in [0.2, 0.25) is 0 Å². The highest BCUT2D eigenvalue weighted by atomic mass is 35.5. The van der Waals surface area contributed by atoms with Gasteiger partial charge >= 0.3 is 0 Å².